The van der Waals surface area contributed by atoms with E-state index in [1.165, 1.54) is 11.8 Å². The topological polar surface area (TPSA) is 283 Å². The standard InChI is InChI=1S/C43H56N12O6S/c44-36(56)31-19-25-14-15-30(48-21-25)41-54-34(23-62-41)42(61)55-17-7-13-35(55)40(60)53-32(18-24-8-2-1-3-9-24)38(58)52-33(20-26-22-49-28-11-5-4-10-27(26)28)39(59)50-29(37(57)51-31)12-6-16-47-43(45)46/h4-5,10-11,14-15,21-22,24,29,31-35,49H,1-3,6-9,12-13,16-20,23H2,(H2,44,56)(H,50,59)(H,51,57)(H,52,58)(H,53,60)(H4,45,46,47)/t29-,31+,32-,33+,34+,35+/m1/s1. The summed E-state index contributed by atoms with van der Waals surface area (Å²) in [5.74, 6) is -3.14. The summed E-state index contributed by atoms with van der Waals surface area (Å²) in [6, 6.07) is 4.90. The molecule has 8 rings (SSSR count). The molecule has 0 unspecified atom stereocenters. The predicted octanol–water partition coefficient (Wildman–Crippen LogP) is 0.873. The lowest BCUT2D eigenvalue weighted by atomic mass is 9.84. The maximum atomic E-state index is 14.6. The van der Waals surface area contributed by atoms with Gasteiger partial charge in [-0.25, -0.2) is 0 Å². The van der Waals surface area contributed by atoms with Crippen LogP contribution in [0.2, 0.25) is 0 Å². The number of nitrogens with two attached hydrogens (primary N) is 2. The number of fused-ring (bicyclic) bond motifs is 15. The highest BCUT2D eigenvalue weighted by Crippen LogP contribution is 2.30. The third-order valence-electron chi connectivity index (χ3n) is 12.2. The van der Waals surface area contributed by atoms with Crippen LogP contribution < -0.4 is 38.1 Å². The van der Waals surface area contributed by atoms with Gasteiger partial charge < -0.3 is 47.9 Å². The summed E-state index contributed by atoms with van der Waals surface area (Å²) in [6.07, 6.45) is 10.0. The first-order chi connectivity index (χ1) is 29.9. The second-order valence-corrected chi connectivity index (χ2v) is 17.6. The molecule has 1 aliphatic carbocycles. The molecule has 0 radical (unpaired) electrons. The number of hydrogen-bond donors (Lipinski definition) is 9. The molecule has 2 aromatic heterocycles. The van der Waals surface area contributed by atoms with Crippen molar-refractivity contribution in [2.75, 3.05) is 18.8 Å². The number of amides is 6. The van der Waals surface area contributed by atoms with E-state index in [9.17, 15) is 28.8 Å². The minimum Gasteiger partial charge on any atom is -0.370 e. The molecule has 62 heavy (non-hydrogen) atoms. The summed E-state index contributed by atoms with van der Waals surface area (Å²) in [4.78, 5) is 98.4. The number of nitrogens with zero attached hydrogens (tertiary/aromatic N) is 3. The average Bonchev–Trinajstić information content (AvgIpc) is 4.05. The van der Waals surface area contributed by atoms with Crippen LogP contribution in [0.3, 0.4) is 0 Å². The van der Waals surface area contributed by atoms with E-state index >= 15 is 0 Å². The van der Waals surface area contributed by atoms with Gasteiger partial charge in [0.05, 0.1) is 5.69 Å². The van der Waals surface area contributed by atoms with Crippen molar-refractivity contribution in [1.82, 2.24) is 41.5 Å². The lowest BCUT2D eigenvalue weighted by Crippen LogP contribution is -2.60. The smallest absolute Gasteiger partial charge is 0.248 e. The number of aliphatic imine (C=N–C) groups is 1. The summed E-state index contributed by atoms with van der Waals surface area (Å²) in [6.45, 7) is 0.598. The fraction of sp³-hybridized carbons (Fsp3) is 0.512. The van der Waals surface area contributed by atoms with Crippen LogP contribution in [0.25, 0.3) is 10.9 Å². The Morgan fingerprint density at radius 1 is 0.871 bits per heavy atom. The van der Waals surface area contributed by atoms with Crippen molar-refractivity contribution in [2.45, 2.75) is 113 Å². The van der Waals surface area contributed by atoms with E-state index in [1.54, 1.807) is 29.4 Å². The molecule has 0 spiro atoms. The molecule has 1 aromatic carbocycles. The van der Waals surface area contributed by atoms with Crippen LogP contribution in [0.4, 0.5) is 0 Å². The largest absolute Gasteiger partial charge is 0.370 e. The minimum absolute atomic E-state index is 0.000642. The van der Waals surface area contributed by atoms with Gasteiger partial charge in [-0.3, -0.25) is 44.2 Å². The number of H-pyrrole nitrogens is 1. The van der Waals surface area contributed by atoms with Gasteiger partial charge in [0.2, 0.25) is 35.4 Å². The monoisotopic (exact) mass is 868 g/mol. The van der Waals surface area contributed by atoms with E-state index in [4.69, 9.17) is 21.9 Å². The molecule has 18 nitrogen and oxygen atoms in total. The van der Waals surface area contributed by atoms with Gasteiger partial charge in [0, 0.05) is 55.0 Å². The Bertz CT molecular complexity index is 2190. The van der Waals surface area contributed by atoms with Crippen molar-refractivity contribution < 1.29 is 28.8 Å². The Kier molecular flexibility index (Phi) is 14.4. The summed E-state index contributed by atoms with van der Waals surface area (Å²) in [5.41, 5.74) is 14.0. The number of pyridine rings is 1. The van der Waals surface area contributed by atoms with Gasteiger partial charge in [0.25, 0.3) is 0 Å². The number of hydrogen-bond acceptors (Lipinski definition) is 10. The van der Waals surface area contributed by atoms with Crippen LogP contribution in [-0.2, 0) is 41.6 Å². The van der Waals surface area contributed by atoms with Crippen LogP contribution in [-0.4, -0.2) is 116 Å². The van der Waals surface area contributed by atoms with Crippen molar-refractivity contribution >= 4 is 69.1 Å². The zero-order valence-corrected chi connectivity index (χ0v) is 35.4. The maximum Gasteiger partial charge on any atom is 0.248 e. The van der Waals surface area contributed by atoms with Crippen molar-refractivity contribution in [3.63, 3.8) is 0 Å². The van der Waals surface area contributed by atoms with Crippen molar-refractivity contribution in [3.8, 4) is 0 Å². The second kappa shape index (κ2) is 20.3. The van der Waals surface area contributed by atoms with E-state index in [2.05, 4.69) is 36.6 Å². The molecular formula is C43H56N12O6S. The molecule has 1 saturated carbocycles. The van der Waals surface area contributed by atoms with E-state index in [-0.39, 0.29) is 43.6 Å². The summed E-state index contributed by atoms with van der Waals surface area (Å²) in [5, 5.41) is 23.2. The Labute approximate surface area is 363 Å². The zero-order valence-electron chi connectivity index (χ0n) is 34.6. The highest BCUT2D eigenvalue weighted by Gasteiger charge is 2.41. The molecule has 19 heteroatoms. The van der Waals surface area contributed by atoms with Gasteiger partial charge in [-0.1, -0.05) is 56.4 Å². The third-order valence-corrected chi connectivity index (χ3v) is 13.3. The number of para-hydroxylation sites is 1. The van der Waals surface area contributed by atoms with E-state index in [0.29, 0.717) is 54.3 Å². The number of aromatic nitrogens is 2. The Hall–Kier alpha value is -5.98. The first-order valence-electron chi connectivity index (χ1n) is 21.5. The van der Waals surface area contributed by atoms with Crippen molar-refractivity contribution in [3.05, 3.63) is 65.6 Å². The number of carbonyl (C=O) groups is 6. The van der Waals surface area contributed by atoms with Crippen molar-refractivity contribution in [1.29, 1.82) is 5.41 Å². The molecule has 1 saturated heterocycles. The highest BCUT2D eigenvalue weighted by atomic mass is 32.2. The molecule has 3 aromatic rings. The molecule has 4 aliphatic heterocycles. The maximum absolute atomic E-state index is 14.6. The lowest BCUT2D eigenvalue weighted by Gasteiger charge is -2.31. The summed E-state index contributed by atoms with van der Waals surface area (Å²) < 4.78 is 0. The first-order valence-corrected chi connectivity index (χ1v) is 22.5. The number of benzene rings is 1. The molecule has 6 atom stereocenters. The molecule has 4 bridgehead atoms. The summed E-state index contributed by atoms with van der Waals surface area (Å²) >= 11 is 1.39. The van der Waals surface area contributed by atoms with Crippen LogP contribution in [0.5, 0.6) is 0 Å². The van der Waals surface area contributed by atoms with Gasteiger partial charge >= 0.3 is 0 Å². The summed E-state index contributed by atoms with van der Waals surface area (Å²) in [7, 11) is 0. The molecule has 330 valence electrons. The molecule has 5 aliphatic rings. The fourth-order valence-electron chi connectivity index (χ4n) is 8.87. The SMILES string of the molecule is N=C(N)NCCC[C@H]1NC(=O)[C@H](Cc2c[nH]c3ccccc23)NC(=O)[C@@H](CC2CCCCC2)NC(=O)[C@@H]2CCCN2C(=O)[C@@H]2CSC(=N2)c2ccc(cn2)C[C@@H](C(N)=O)NC1=O. The molecular weight excluding hydrogens is 813 g/mol. The second-order valence-electron chi connectivity index (χ2n) is 16.6. The molecule has 6 amide bonds. The molecule has 2 fully saturated rings. The van der Waals surface area contributed by atoms with Crippen LogP contribution in [0, 0.1) is 11.3 Å². The van der Waals surface area contributed by atoms with Gasteiger partial charge in [0.1, 0.15) is 41.3 Å². The highest BCUT2D eigenvalue weighted by molar-refractivity contribution is 8.14. The van der Waals surface area contributed by atoms with Gasteiger partial charge in [0.15, 0.2) is 5.96 Å². The van der Waals surface area contributed by atoms with Crippen LogP contribution in [0.15, 0.2) is 53.8 Å². The zero-order chi connectivity index (χ0) is 43.8. The number of rotatable bonds is 9. The predicted molar refractivity (Wildman–Crippen MR) is 235 cm³/mol. The third kappa shape index (κ3) is 10.9. The average molecular weight is 869 g/mol. The number of thioether (sulfide) groups is 1. The van der Waals surface area contributed by atoms with Gasteiger partial charge in [-0.2, -0.15) is 0 Å². The Balaban J connectivity index is 1.24. The fourth-order valence-corrected chi connectivity index (χ4v) is 9.87. The van der Waals surface area contributed by atoms with Crippen LogP contribution in [0.1, 0.15) is 81.0 Å². The minimum atomic E-state index is -1.22. The Morgan fingerprint density at radius 2 is 1.61 bits per heavy atom. The first kappa shape index (κ1) is 44.1. The van der Waals surface area contributed by atoms with Gasteiger partial charge in [-0.05, 0) is 61.3 Å². The Morgan fingerprint density at radius 3 is 2.37 bits per heavy atom. The number of nitrogens with one attached hydrogen (secondary N) is 7. The number of primary amides is 1. The van der Waals surface area contributed by atoms with Crippen LogP contribution >= 0.6 is 11.8 Å². The van der Waals surface area contributed by atoms with Gasteiger partial charge in [-0.15, -0.1) is 11.8 Å². The number of guanidine groups is 1. The van der Waals surface area contributed by atoms with E-state index in [0.717, 1.165) is 48.6 Å². The van der Waals surface area contributed by atoms with E-state index < -0.39 is 65.8 Å². The number of aromatic amines is 1. The normalized spacial score (nSPS) is 25.6. The molecule has 6 heterocycles. The molecule has 11 N–H and O–H groups in total. The number of carbonyl (C=O) groups excluding carboxylic acids is 6. The lowest BCUT2D eigenvalue weighted by molar-refractivity contribution is -0.140. The quantitative estimate of drug-likeness (QED) is 0.0634. The van der Waals surface area contributed by atoms with E-state index in [1.807, 2.05) is 24.3 Å². The van der Waals surface area contributed by atoms with Crippen molar-refractivity contribution in [2.24, 2.45) is 22.4 Å².